The van der Waals surface area contributed by atoms with Crippen LogP contribution in [0.1, 0.15) is 15.9 Å². The lowest BCUT2D eigenvalue weighted by molar-refractivity contribution is 0.102. The number of aliphatic hydroxyl groups is 1. The van der Waals surface area contributed by atoms with Crippen LogP contribution in [0.25, 0.3) is 0 Å². The largest absolute Gasteiger partial charge is 0.392 e. The third kappa shape index (κ3) is 3.56. The molecular weight excluding hydrogens is 330 g/mol. The smallest absolute Gasteiger partial charge is 0.257 e. The Labute approximate surface area is 124 Å². The Morgan fingerprint density at radius 3 is 2.47 bits per heavy atom. The van der Waals surface area contributed by atoms with Crippen LogP contribution in [0.3, 0.4) is 0 Å². The second-order valence-electron chi connectivity index (χ2n) is 3.93. The van der Waals surface area contributed by atoms with Gasteiger partial charge in [-0.25, -0.2) is 0 Å². The minimum absolute atomic E-state index is 0.0211. The highest BCUT2D eigenvalue weighted by atomic mass is 79.9. The summed E-state index contributed by atoms with van der Waals surface area (Å²) in [5.74, 6) is -0.269. The van der Waals surface area contributed by atoms with Crippen molar-refractivity contribution in [1.82, 2.24) is 0 Å². The molecule has 0 aliphatic carbocycles. The van der Waals surface area contributed by atoms with Gasteiger partial charge in [0.15, 0.2) is 0 Å². The molecule has 0 heterocycles. The van der Waals surface area contributed by atoms with Gasteiger partial charge < -0.3 is 10.4 Å². The lowest BCUT2D eigenvalue weighted by Gasteiger charge is -2.07. The van der Waals surface area contributed by atoms with Crippen LogP contribution in [0.15, 0.2) is 46.9 Å². The molecule has 0 saturated heterocycles. The summed E-state index contributed by atoms with van der Waals surface area (Å²) in [6.07, 6.45) is 0. The number of amides is 1. The van der Waals surface area contributed by atoms with Gasteiger partial charge in [-0.1, -0.05) is 39.7 Å². The second kappa shape index (κ2) is 6.19. The van der Waals surface area contributed by atoms with E-state index in [-0.39, 0.29) is 12.5 Å². The topological polar surface area (TPSA) is 49.3 Å². The van der Waals surface area contributed by atoms with Gasteiger partial charge in [0.05, 0.1) is 17.2 Å². The maximum absolute atomic E-state index is 12.0. The third-order valence-electron chi connectivity index (χ3n) is 2.57. The maximum atomic E-state index is 12.0. The number of hydrogen-bond donors (Lipinski definition) is 2. The number of carbonyl (C=O) groups excluding carboxylic acids is 1. The summed E-state index contributed by atoms with van der Waals surface area (Å²) in [4.78, 5) is 12.0. The Hall–Kier alpha value is -1.36. The van der Waals surface area contributed by atoms with E-state index in [9.17, 15) is 4.79 Å². The number of aliphatic hydroxyl groups excluding tert-OH is 1. The van der Waals surface area contributed by atoms with E-state index in [0.29, 0.717) is 16.3 Å². The number of nitrogens with one attached hydrogen (secondary N) is 1. The number of benzene rings is 2. The van der Waals surface area contributed by atoms with Crippen molar-refractivity contribution in [2.45, 2.75) is 6.61 Å². The summed E-state index contributed by atoms with van der Waals surface area (Å²) in [5.41, 5.74) is 1.86. The zero-order valence-electron chi connectivity index (χ0n) is 9.86. The van der Waals surface area contributed by atoms with Gasteiger partial charge in [0.25, 0.3) is 5.91 Å². The molecule has 0 atom stereocenters. The van der Waals surface area contributed by atoms with E-state index in [1.165, 1.54) is 0 Å². The average Bonchev–Trinajstić information content (AvgIpc) is 2.39. The standard InChI is InChI=1S/C14H11BrClNO2/c15-10-3-6-12(13(16)7-10)14(19)17-11-4-1-9(8-18)2-5-11/h1-7,18H,8H2,(H,17,19). The van der Waals surface area contributed by atoms with Gasteiger partial charge in [-0.3, -0.25) is 4.79 Å². The van der Waals surface area contributed by atoms with Gasteiger partial charge in [0.2, 0.25) is 0 Å². The Kier molecular flexibility index (Phi) is 4.58. The van der Waals surface area contributed by atoms with E-state index < -0.39 is 0 Å². The molecular formula is C14H11BrClNO2. The highest BCUT2D eigenvalue weighted by molar-refractivity contribution is 9.10. The van der Waals surface area contributed by atoms with Crippen LogP contribution in [0.4, 0.5) is 5.69 Å². The quantitative estimate of drug-likeness (QED) is 0.891. The molecule has 2 rings (SSSR count). The summed E-state index contributed by atoms with van der Waals surface area (Å²) in [7, 11) is 0. The van der Waals surface area contributed by atoms with E-state index in [1.54, 1.807) is 42.5 Å². The normalized spacial score (nSPS) is 10.3. The van der Waals surface area contributed by atoms with Crippen molar-refractivity contribution < 1.29 is 9.90 Å². The molecule has 2 N–H and O–H groups in total. The molecule has 0 aliphatic heterocycles. The van der Waals surface area contributed by atoms with Gasteiger partial charge in [0.1, 0.15) is 0 Å². The summed E-state index contributed by atoms with van der Waals surface area (Å²) in [5, 5.41) is 12.1. The molecule has 3 nitrogen and oxygen atoms in total. The monoisotopic (exact) mass is 339 g/mol. The highest BCUT2D eigenvalue weighted by Gasteiger charge is 2.10. The van der Waals surface area contributed by atoms with Crippen LogP contribution in [0.2, 0.25) is 5.02 Å². The fraction of sp³-hybridized carbons (Fsp3) is 0.0714. The van der Waals surface area contributed by atoms with Crippen LogP contribution in [-0.4, -0.2) is 11.0 Å². The van der Waals surface area contributed by atoms with Crippen LogP contribution in [0, 0.1) is 0 Å². The number of carbonyl (C=O) groups is 1. The maximum Gasteiger partial charge on any atom is 0.257 e. The Morgan fingerprint density at radius 2 is 1.89 bits per heavy atom. The SMILES string of the molecule is O=C(Nc1ccc(CO)cc1)c1ccc(Br)cc1Cl. The molecule has 0 unspecified atom stereocenters. The molecule has 0 aromatic heterocycles. The molecule has 0 radical (unpaired) electrons. The number of anilines is 1. The molecule has 0 saturated carbocycles. The molecule has 98 valence electrons. The first-order valence-electron chi connectivity index (χ1n) is 5.56. The lowest BCUT2D eigenvalue weighted by Crippen LogP contribution is -2.12. The van der Waals surface area contributed by atoms with Crippen LogP contribution >= 0.6 is 27.5 Å². The molecule has 5 heteroatoms. The molecule has 0 aliphatic rings. The fourth-order valence-corrected chi connectivity index (χ4v) is 2.32. The summed E-state index contributed by atoms with van der Waals surface area (Å²) in [6, 6.07) is 12.1. The van der Waals surface area contributed by atoms with Crippen molar-refractivity contribution in [3.05, 3.63) is 63.1 Å². The predicted molar refractivity (Wildman–Crippen MR) is 79.5 cm³/mol. The molecule has 2 aromatic carbocycles. The van der Waals surface area contributed by atoms with Gasteiger partial charge in [0, 0.05) is 10.2 Å². The molecule has 0 bridgehead atoms. The van der Waals surface area contributed by atoms with Crippen LogP contribution in [0.5, 0.6) is 0 Å². The fourth-order valence-electron chi connectivity index (χ4n) is 1.57. The summed E-state index contributed by atoms with van der Waals surface area (Å²) >= 11 is 9.30. The van der Waals surface area contributed by atoms with Crippen molar-refractivity contribution in [3.8, 4) is 0 Å². The molecule has 0 fully saturated rings. The molecule has 2 aromatic rings. The second-order valence-corrected chi connectivity index (χ2v) is 5.26. The van der Waals surface area contributed by atoms with E-state index in [4.69, 9.17) is 16.7 Å². The average molecular weight is 341 g/mol. The van der Waals surface area contributed by atoms with Gasteiger partial charge in [-0.15, -0.1) is 0 Å². The first-order valence-corrected chi connectivity index (χ1v) is 6.73. The Balaban J connectivity index is 2.15. The zero-order chi connectivity index (χ0) is 13.8. The van der Waals surface area contributed by atoms with Crippen molar-refractivity contribution in [2.24, 2.45) is 0 Å². The van der Waals surface area contributed by atoms with Crippen molar-refractivity contribution in [1.29, 1.82) is 0 Å². The minimum atomic E-state index is -0.269. The van der Waals surface area contributed by atoms with E-state index >= 15 is 0 Å². The third-order valence-corrected chi connectivity index (χ3v) is 3.38. The van der Waals surface area contributed by atoms with Gasteiger partial charge >= 0.3 is 0 Å². The van der Waals surface area contributed by atoms with Gasteiger partial charge in [-0.05, 0) is 35.9 Å². The zero-order valence-corrected chi connectivity index (χ0v) is 12.2. The lowest BCUT2D eigenvalue weighted by atomic mass is 10.2. The number of hydrogen-bond acceptors (Lipinski definition) is 2. The molecule has 1 amide bonds. The Morgan fingerprint density at radius 1 is 1.21 bits per heavy atom. The highest BCUT2D eigenvalue weighted by Crippen LogP contribution is 2.22. The minimum Gasteiger partial charge on any atom is -0.392 e. The van der Waals surface area contributed by atoms with Crippen molar-refractivity contribution in [3.63, 3.8) is 0 Å². The summed E-state index contributed by atoms with van der Waals surface area (Å²) in [6.45, 7) is -0.0211. The number of rotatable bonds is 3. The first kappa shape index (κ1) is 14.1. The van der Waals surface area contributed by atoms with Gasteiger partial charge in [-0.2, -0.15) is 0 Å². The number of halogens is 2. The summed E-state index contributed by atoms with van der Waals surface area (Å²) < 4.78 is 0.821. The van der Waals surface area contributed by atoms with E-state index in [2.05, 4.69) is 21.2 Å². The van der Waals surface area contributed by atoms with E-state index in [1.807, 2.05) is 0 Å². The van der Waals surface area contributed by atoms with Crippen LogP contribution < -0.4 is 5.32 Å². The molecule has 19 heavy (non-hydrogen) atoms. The van der Waals surface area contributed by atoms with E-state index in [0.717, 1.165) is 10.0 Å². The predicted octanol–water partition coefficient (Wildman–Crippen LogP) is 3.85. The van der Waals surface area contributed by atoms with Crippen molar-refractivity contribution >= 4 is 39.1 Å². The first-order chi connectivity index (χ1) is 9.10. The van der Waals surface area contributed by atoms with Crippen LogP contribution in [-0.2, 0) is 6.61 Å². The van der Waals surface area contributed by atoms with Crippen molar-refractivity contribution in [2.75, 3.05) is 5.32 Å². The molecule has 0 spiro atoms. The Bertz CT molecular complexity index is 599.